The smallest absolute Gasteiger partial charge is 0.337 e. The van der Waals surface area contributed by atoms with Gasteiger partial charge in [0.05, 0.1) is 16.3 Å². The highest BCUT2D eigenvalue weighted by molar-refractivity contribution is 6.69. The Labute approximate surface area is 108 Å². The molecule has 0 spiro atoms. The zero-order chi connectivity index (χ0) is 13.2. The van der Waals surface area contributed by atoms with Crippen LogP contribution in [-0.4, -0.2) is 35.5 Å². The number of oxime groups is 1. The maximum Gasteiger partial charge on any atom is 0.337 e. The minimum Gasteiger partial charge on any atom is -0.478 e. The molecule has 0 aliphatic rings. The highest BCUT2D eigenvalue weighted by Gasteiger charge is 2.18. The molecule has 92 valence electrons. The minimum absolute atomic E-state index is 0.0145. The molecule has 0 fully saturated rings. The highest BCUT2D eigenvalue weighted by Crippen LogP contribution is 2.31. The average molecular weight is 277 g/mol. The number of halogens is 2. The van der Waals surface area contributed by atoms with E-state index in [2.05, 4.69) is 5.16 Å². The molecule has 0 radical (unpaired) electrons. The van der Waals surface area contributed by atoms with Crippen molar-refractivity contribution in [2.75, 3.05) is 19.0 Å². The maximum atomic E-state index is 11.1. The Kier molecular flexibility index (Phi) is 4.20. The van der Waals surface area contributed by atoms with Crippen molar-refractivity contribution in [3.63, 3.8) is 0 Å². The van der Waals surface area contributed by atoms with Gasteiger partial charge in [0.2, 0.25) is 0 Å². The first-order chi connectivity index (χ1) is 7.88. The molecule has 7 heteroatoms. The van der Waals surface area contributed by atoms with Crippen LogP contribution < -0.4 is 4.90 Å². The zero-order valence-electron chi connectivity index (χ0n) is 9.11. The van der Waals surface area contributed by atoms with Gasteiger partial charge in [-0.25, -0.2) is 4.79 Å². The van der Waals surface area contributed by atoms with Crippen LogP contribution in [0, 0.1) is 0 Å². The van der Waals surface area contributed by atoms with E-state index in [1.807, 2.05) is 0 Å². The summed E-state index contributed by atoms with van der Waals surface area (Å²) in [6.45, 7) is 0. The summed E-state index contributed by atoms with van der Waals surface area (Å²) in [6.07, 6.45) is 0. The predicted octanol–water partition coefficient (Wildman–Crippen LogP) is 2.48. The van der Waals surface area contributed by atoms with Gasteiger partial charge in [-0.05, 0) is 12.1 Å². The first-order valence-corrected chi connectivity index (χ1v) is 5.26. The number of carboxylic acids is 1. The van der Waals surface area contributed by atoms with Crippen LogP contribution in [0.25, 0.3) is 0 Å². The van der Waals surface area contributed by atoms with E-state index in [1.165, 1.54) is 12.1 Å². The van der Waals surface area contributed by atoms with Crippen molar-refractivity contribution in [1.29, 1.82) is 0 Å². The van der Waals surface area contributed by atoms with Gasteiger partial charge in [0, 0.05) is 19.7 Å². The van der Waals surface area contributed by atoms with Crippen molar-refractivity contribution in [1.82, 2.24) is 0 Å². The Balaban J connectivity index is 3.52. The quantitative estimate of drug-likeness (QED) is 0.505. The fourth-order valence-corrected chi connectivity index (χ4v) is 1.89. The molecular formula is C10H10Cl2N2O3. The summed E-state index contributed by atoms with van der Waals surface area (Å²) < 4.78 is 0. The van der Waals surface area contributed by atoms with Gasteiger partial charge in [-0.2, -0.15) is 0 Å². The van der Waals surface area contributed by atoms with E-state index < -0.39 is 5.97 Å². The van der Waals surface area contributed by atoms with E-state index in [9.17, 15) is 4.79 Å². The van der Waals surface area contributed by atoms with Crippen LogP contribution in [0.4, 0.5) is 5.69 Å². The van der Waals surface area contributed by atoms with Crippen LogP contribution in [0.5, 0.6) is 0 Å². The molecule has 0 bridgehead atoms. The number of hydrogen-bond donors (Lipinski definition) is 2. The van der Waals surface area contributed by atoms with Crippen molar-refractivity contribution in [2.24, 2.45) is 5.16 Å². The molecule has 17 heavy (non-hydrogen) atoms. The lowest BCUT2D eigenvalue weighted by Gasteiger charge is -2.18. The second-order valence-electron chi connectivity index (χ2n) is 3.44. The van der Waals surface area contributed by atoms with Crippen molar-refractivity contribution < 1.29 is 15.1 Å². The summed E-state index contributed by atoms with van der Waals surface area (Å²) >= 11 is 11.6. The zero-order valence-corrected chi connectivity index (χ0v) is 10.6. The lowest BCUT2D eigenvalue weighted by molar-refractivity contribution is 0.0697. The SMILES string of the molecule is CN(C)c1c(Cl)cc(C(Cl)=NO)cc1C(=O)O. The van der Waals surface area contributed by atoms with E-state index in [0.717, 1.165) is 0 Å². The van der Waals surface area contributed by atoms with Gasteiger partial charge < -0.3 is 15.2 Å². The van der Waals surface area contributed by atoms with Crippen molar-refractivity contribution in [3.05, 3.63) is 28.3 Å². The number of carbonyl (C=O) groups is 1. The Morgan fingerprint density at radius 2 is 2.00 bits per heavy atom. The Morgan fingerprint density at radius 3 is 2.41 bits per heavy atom. The van der Waals surface area contributed by atoms with Crippen LogP contribution in [0.3, 0.4) is 0 Å². The first-order valence-electron chi connectivity index (χ1n) is 4.50. The molecule has 0 atom stereocenters. The summed E-state index contributed by atoms with van der Waals surface area (Å²) in [5.41, 5.74) is 0.590. The Bertz CT molecular complexity index is 487. The Morgan fingerprint density at radius 1 is 1.41 bits per heavy atom. The number of rotatable bonds is 3. The number of benzene rings is 1. The first kappa shape index (κ1) is 13.6. The van der Waals surface area contributed by atoms with Gasteiger partial charge in [-0.1, -0.05) is 28.4 Å². The van der Waals surface area contributed by atoms with E-state index in [-0.39, 0.29) is 21.3 Å². The summed E-state index contributed by atoms with van der Waals surface area (Å²) in [4.78, 5) is 12.7. The number of anilines is 1. The average Bonchev–Trinajstić information content (AvgIpc) is 2.26. The maximum absolute atomic E-state index is 11.1. The molecule has 0 amide bonds. The number of aromatic carboxylic acids is 1. The van der Waals surface area contributed by atoms with Crippen LogP contribution in [0.2, 0.25) is 5.02 Å². The summed E-state index contributed by atoms with van der Waals surface area (Å²) in [5.74, 6) is -1.14. The van der Waals surface area contributed by atoms with Crippen LogP contribution in [0.1, 0.15) is 15.9 Å². The lowest BCUT2D eigenvalue weighted by atomic mass is 10.1. The third-order valence-corrected chi connectivity index (χ3v) is 2.65. The molecule has 1 rings (SSSR count). The van der Waals surface area contributed by atoms with E-state index in [4.69, 9.17) is 33.5 Å². The monoisotopic (exact) mass is 276 g/mol. The molecule has 0 unspecified atom stereocenters. The Hall–Kier alpha value is -1.46. The molecule has 5 nitrogen and oxygen atoms in total. The molecule has 0 aromatic heterocycles. The number of nitrogens with zero attached hydrogens (tertiary/aromatic N) is 2. The van der Waals surface area contributed by atoms with Crippen molar-refractivity contribution >= 4 is 40.0 Å². The molecular weight excluding hydrogens is 267 g/mol. The molecule has 0 saturated carbocycles. The lowest BCUT2D eigenvalue weighted by Crippen LogP contribution is -2.15. The number of hydrogen-bond acceptors (Lipinski definition) is 4. The highest BCUT2D eigenvalue weighted by atomic mass is 35.5. The van der Waals surface area contributed by atoms with Gasteiger partial charge in [0.1, 0.15) is 0 Å². The van der Waals surface area contributed by atoms with Crippen molar-refractivity contribution in [2.45, 2.75) is 0 Å². The molecule has 0 aliphatic heterocycles. The standard InChI is InChI=1S/C10H10Cl2N2O3/c1-14(2)8-6(10(15)16)3-5(4-7(8)11)9(12)13-17/h3-4,17H,1-2H3,(H,15,16). The van der Waals surface area contributed by atoms with Gasteiger partial charge in [-0.3, -0.25) is 0 Å². The third kappa shape index (κ3) is 2.81. The molecule has 1 aromatic rings. The molecule has 0 heterocycles. The van der Waals surface area contributed by atoms with Gasteiger partial charge in [0.25, 0.3) is 0 Å². The number of carboxylic acid groups (broad SMARTS) is 1. The summed E-state index contributed by atoms with van der Waals surface area (Å²) in [7, 11) is 3.35. The van der Waals surface area contributed by atoms with E-state index in [0.29, 0.717) is 5.69 Å². The largest absolute Gasteiger partial charge is 0.478 e. The fourth-order valence-electron chi connectivity index (χ4n) is 1.39. The van der Waals surface area contributed by atoms with Gasteiger partial charge >= 0.3 is 5.97 Å². The normalized spacial score (nSPS) is 11.4. The summed E-state index contributed by atoms with van der Waals surface area (Å²) in [5, 5.41) is 20.4. The van der Waals surface area contributed by atoms with Crippen molar-refractivity contribution in [3.8, 4) is 0 Å². The van der Waals surface area contributed by atoms with Crippen LogP contribution >= 0.6 is 23.2 Å². The topological polar surface area (TPSA) is 73.1 Å². The summed E-state index contributed by atoms with van der Waals surface area (Å²) in [6, 6.07) is 2.73. The molecule has 0 aliphatic carbocycles. The fraction of sp³-hybridized carbons (Fsp3) is 0.200. The van der Waals surface area contributed by atoms with Gasteiger partial charge in [0.15, 0.2) is 5.17 Å². The van der Waals surface area contributed by atoms with E-state index in [1.54, 1.807) is 19.0 Å². The second kappa shape index (κ2) is 5.25. The predicted molar refractivity (Wildman–Crippen MR) is 66.9 cm³/mol. The van der Waals surface area contributed by atoms with E-state index >= 15 is 0 Å². The van der Waals surface area contributed by atoms with Gasteiger partial charge in [-0.15, -0.1) is 0 Å². The molecule has 0 saturated heterocycles. The molecule has 2 N–H and O–H groups in total. The van der Waals surface area contributed by atoms with Crippen LogP contribution in [-0.2, 0) is 0 Å². The third-order valence-electron chi connectivity index (χ3n) is 2.07. The minimum atomic E-state index is -1.14. The molecule has 1 aromatic carbocycles. The second-order valence-corrected chi connectivity index (χ2v) is 4.21. The van der Waals surface area contributed by atoms with Crippen LogP contribution in [0.15, 0.2) is 17.3 Å².